The van der Waals surface area contributed by atoms with Crippen LogP contribution in [0.2, 0.25) is 0 Å². The van der Waals surface area contributed by atoms with Crippen molar-refractivity contribution in [2.75, 3.05) is 7.11 Å². The fraction of sp³-hybridized carbons (Fsp3) is 0.143. The van der Waals surface area contributed by atoms with Gasteiger partial charge in [-0.3, -0.25) is 0 Å². The highest BCUT2D eigenvalue weighted by Gasteiger charge is 1.98. The van der Waals surface area contributed by atoms with Crippen molar-refractivity contribution in [2.45, 2.75) is 0 Å². The normalized spacial score (nSPS) is 15.4. The fourth-order valence-corrected chi connectivity index (χ4v) is 0.567. The van der Waals surface area contributed by atoms with Crippen LogP contribution < -0.4 is 0 Å². The van der Waals surface area contributed by atoms with Crippen LogP contribution in [0, 0.1) is 12.5 Å². The van der Waals surface area contributed by atoms with E-state index in [9.17, 15) is 4.79 Å². The van der Waals surface area contributed by atoms with Crippen LogP contribution in [0.15, 0.2) is 17.7 Å². The average Bonchev–Trinajstić information content (AvgIpc) is 2.37. The Labute approximate surface area is 53.8 Å². The number of esters is 1. The van der Waals surface area contributed by atoms with Gasteiger partial charge in [-0.25, -0.2) is 0 Å². The third-order valence-electron chi connectivity index (χ3n) is 1.00. The van der Waals surface area contributed by atoms with Gasteiger partial charge >= 0.3 is 0 Å². The molecule has 0 aliphatic heterocycles. The number of hydrogen-bond donors (Lipinski definition) is 0. The van der Waals surface area contributed by atoms with Crippen molar-refractivity contribution in [1.29, 1.82) is 0 Å². The summed E-state index contributed by atoms with van der Waals surface area (Å²) < 4.78 is 4.42. The molecule has 0 heterocycles. The van der Waals surface area contributed by atoms with Crippen LogP contribution in [0.1, 0.15) is 0 Å². The minimum absolute atomic E-state index is 0.333. The standard InChI is InChI=1S/C7H6O2/c1-9-7(8)6-4-2-3-5-6/h2-4H,1H3/q-1. The number of rotatable bonds is 1. The summed E-state index contributed by atoms with van der Waals surface area (Å²) in [6.07, 6.45) is 7.79. The van der Waals surface area contributed by atoms with Gasteiger partial charge in [0, 0.05) is 0 Å². The minimum Gasteiger partial charge on any atom is -0.522 e. The number of allylic oxidation sites excluding steroid dienone is 3. The third kappa shape index (κ3) is 1.19. The molecule has 2 nitrogen and oxygen atoms in total. The van der Waals surface area contributed by atoms with Crippen molar-refractivity contribution in [1.82, 2.24) is 0 Å². The van der Waals surface area contributed by atoms with E-state index in [1.807, 2.05) is 0 Å². The van der Waals surface area contributed by atoms with E-state index in [1.54, 1.807) is 18.6 Å². The Hall–Kier alpha value is -1.05. The second kappa shape index (κ2) is 2.49. The lowest BCUT2D eigenvalue weighted by molar-refractivity contribution is -0.135. The summed E-state index contributed by atoms with van der Waals surface area (Å²) in [5, 5.41) is 0. The molecule has 2 heteroatoms. The summed E-state index contributed by atoms with van der Waals surface area (Å²) in [4.78, 5) is 10.6. The zero-order chi connectivity index (χ0) is 6.69. The molecule has 1 radical (unpaired) electrons. The minimum atomic E-state index is -0.333. The van der Waals surface area contributed by atoms with E-state index < -0.39 is 0 Å². The summed E-state index contributed by atoms with van der Waals surface area (Å²) >= 11 is 0. The summed E-state index contributed by atoms with van der Waals surface area (Å²) in [5.41, 5.74) is 0.484. The van der Waals surface area contributed by atoms with E-state index in [-0.39, 0.29) is 5.97 Å². The molecule has 0 aromatic carbocycles. The maximum absolute atomic E-state index is 10.6. The van der Waals surface area contributed by atoms with Crippen molar-refractivity contribution in [3.8, 4) is 0 Å². The highest BCUT2D eigenvalue weighted by Crippen LogP contribution is 2.08. The van der Waals surface area contributed by atoms with Crippen LogP contribution in [-0.4, -0.2) is 13.1 Å². The van der Waals surface area contributed by atoms with Crippen LogP contribution in [-0.2, 0) is 9.53 Å². The molecule has 47 valence electrons. The maximum Gasteiger partial charge on any atom is 0.227 e. The van der Waals surface area contributed by atoms with Gasteiger partial charge in [-0.05, 0) is 0 Å². The first-order chi connectivity index (χ1) is 4.34. The molecule has 0 saturated carbocycles. The van der Waals surface area contributed by atoms with Crippen molar-refractivity contribution >= 4 is 5.97 Å². The van der Waals surface area contributed by atoms with E-state index in [0.717, 1.165) is 0 Å². The number of ether oxygens (including phenoxy) is 1. The Kier molecular flexibility index (Phi) is 1.68. The zero-order valence-corrected chi connectivity index (χ0v) is 5.05. The van der Waals surface area contributed by atoms with E-state index in [0.29, 0.717) is 5.57 Å². The number of hydrogen-bond acceptors (Lipinski definition) is 2. The van der Waals surface area contributed by atoms with Crippen LogP contribution in [0.3, 0.4) is 0 Å². The highest BCUT2D eigenvalue weighted by atomic mass is 16.5. The molecule has 1 aliphatic rings. The first kappa shape index (κ1) is 6.08. The number of methoxy groups -OCH3 is 1. The van der Waals surface area contributed by atoms with E-state index >= 15 is 0 Å². The van der Waals surface area contributed by atoms with Crippen LogP contribution in [0.5, 0.6) is 0 Å². The van der Waals surface area contributed by atoms with Gasteiger partial charge in [0.15, 0.2) is 0 Å². The van der Waals surface area contributed by atoms with E-state index in [1.165, 1.54) is 7.11 Å². The molecule has 0 aromatic heterocycles. The average molecular weight is 122 g/mol. The largest absolute Gasteiger partial charge is 0.522 e. The first-order valence-electron chi connectivity index (χ1n) is 2.56. The molecule has 0 amide bonds. The molecule has 0 unspecified atom stereocenters. The molecule has 9 heavy (non-hydrogen) atoms. The summed E-state index contributed by atoms with van der Waals surface area (Å²) in [6, 6.07) is 0. The Balaban J connectivity index is 2.55. The van der Waals surface area contributed by atoms with Crippen molar-refractivity contribution in [3.05, 3.63) is 30.2 Å². The molecular weight excluding hydrogens is 116 g/mol. The Morgan fingerprint density at radius 2 is 2.56 bits per heavy atom. The van der Waals surface area contributed by atoms with Crippen LogP contribution in [0.25, 0.3) is 0 Å². The fourth-order valence-electron chi connectivity index (χ4n) is 0.567. The van der Waals surface area contributed by atoms with Gasteiger partial charge in [0.25, 0.3) is 0 Å². The topological polar surface area (TPSA) is 26.3 Å². The molecule has 0 fully saturated rings. The zero-order valence-electron chi connectivity index (χ0n) is 5.05. The smallest absolute Gasteiger partial charge is 0.227 e. The summed E-state index contributed by atoms with van der Waals surface area (Å²) in [7, 11) is 1.35. The molecular formula is C7H6O2-. The lowest BCUT2D eigenvalue weighted by Gasteiger charge is -2.04. The van der Waals surface area contributed by atoms with Gasteiger partial charge in [0.1, 0.15) is 0 Å². The SMILES string of the molecule is COC(=O)C1=[C-]C=C[CH]1. The van der Waals surface area contributed by atoms with Gasteiger partial charge in [0.05, 0.1) is 7.11 Å². The number of carbonyl (C=O) groups is 1. The second-order valence-electron chi connectivity index (χ2n) is 1.58. The highest BCUT2D eigenvalue weighted by molar-refractivity contribution is 5.91. The maximum atomic E-state index is 10.6. The molecule has 0 N–H and O–H groups in total. The van der Waals surface area contributed by atoms with Gasteiger partial charge in [-0.2, -0.15) is 18.2 Å². The van der Waals surface area contributed by atoms with E-state index in [4.69, 9.17) is 0 Å². The van der Waals surface area contributed by atoms with Crippen molar-refractivity contribution in [3.63, 3.8) is 0 Å². The molecule has 1 rings (SSSR count). The Bertz CT molecular complexity index is 177. The van der Waals surface area contributed by atoms with Crippen LogP contribution >= 0.6 is 0 Å². The van der Waals surface area contributed by atoms with Gasteiger partial charge < -0.3 is 9.53 Å². The van der Waals surface area contributed by atoms with Crippen molar-refractivity contribution in [2.24, 2.45) is 0 Å². The predicted molar refractivity (Wildman–Crippen MR) is 32.2 cm³/mol. The predicted octanol–water partition coefficient (Wildman–Crippen LogP) is 0.663. The molecule has 0 atom stereocenters. The molecule has 0 aromatic rings. The monoisotopic (exact) mass is 122 g/mol. The van der Waals surface area contributed by atoms with Crippen LogP contribution in [0.4, 0.5) is 0 Å². The second-order valence-corrected chi connectivity index (χ2v) is 1.58. The Morgan fingerprint density at radius 3 is 3.00 bits per heavy atom. The molecule has 1 aliphatic carbocycles. The van der Waals surface area contributed by atoms with Gasteiger partial charge in [-0.15, -0.1) is 0 Å². The number of carbonyl (C=O) groups excluding carboxylic acids is 1. The van der Waals surface area contributed by atoms with E-state index in [2.05, 4.69) is 10.8 Å². The quantitative estimate of drug-likeness (QED) is 0.377. The Morgan fingerprint density at radius 1 is 1.78 bits per heavy atom. The van der Waals surface area contributed by atoms with Crippen molar-refractivity contribution < 1.29 is 9.53 Å². The lowest BCUT2D eigenvalue weighted by Crippen LogP contribution is -2.02. The van der Waals surface area contributed by atoms with Gasteiger partial charge in [0.2, 0.25) is 5.97 Å². The lowest BCUT2D eigenvalue weighted by atomic mass is 10.2. The molecule has 0 bridgehead atoms. The molecule has 0 saturated heterocycles. The summed E-state index contributed by atoms with van der Waals surface area (Å²) in [5.74, 6) is -0.333. The first-order valence-corrected chi connectivity index (χ1v) is 2.56. The molecule has 0 spiro atoms. The van der Waals surface area contributed by atoms with Gasteiger partial charge in [-0.1, -0.05) is 12.0 Å². The third-order valence-corrected chi connectivity index (χ3v) is 1.00. The summed E-state index contributed by atoms with van der Waals surface area (Å²) in [6.45, 7) is 0.